The minimum atomic E-state index is -0.0747. The van der Waals surface area contributed by atoms with Crippen molar-refractivity contribution in [1.82, 2.24) is 14.9 Å². The highest BCUT2D eigenvalue weighted by atomic mass is 32.1. The number of hydrogen-bond acceptors (Lipinski definition) is 3. The molecule has 2 aromatic carbocycles. The van der Waals surface area contributed by atoms with E-state index in [-0.39, 0.29) is 12.1 Å². The number of hydrogen-bond donors (Lipinski definition) is 1. The lowest BCUT2D eigenvalue weighted by Gasteiger charge is -2.29. The van der Waals surface area contributed by atoms with Gasteiger partial charge in [-0.2, -0.15) is 0 Å². The van der Waals surface area contributed by atoms with Crippen LogP contribution in [0.1, 0.15) is 45.9 Å². The average molecular weight is 483 g/mol. The number of nitrogens with zero attached hydrogens (tertiary/aromatic N) is 3. The Morgan fingerprint density at radius 1 is 0.886 bits per heavy atom. The van der Waals surface area contributed by atoms with Crippen LogP contribution in [0, 0.1) is 27.7 Å². The molecule has 35 heavy (non-hydrogen) atoms. The number of ether oxygens (including phenoxy) is 1. The first-order chi connectivity index (χ1) is 16.9. The molecule has 5 rings (SSSR count). The third-order valence-electron chi connectivity index (χ3n) is 6.70. The van der Waals surface area contributed by atoms with Gasteiger partial charge in [-0.3, -0.25) is 4.98 Å². The highest BCUT2D eigenvalue weighted by molar-refractivity contribution is 7.80. The lowest BCUT2D eigenvalue weighted by Crippen LogP contribution is -2.29. The molecule has 1 aliphatic rings. The summed E-state index contributed by atoms with van der Waals surface area (Å²) < 4.78 is 7.66. The molecule has 0 saturated carbocycles. The Morgan fingerprint density at radius 3 is 2.23 bits per heavy atom. The van der Waals surface area contributed by atoms with Gasteiger partial charge in [0.1, 0.15) is 5.75 Å². The van der Waals surface area contributed by atoms with E-state index in [1.54, 1.807) is 7.11 Å². The Morgan fingerprint density at radius 2 is 1.60 bits per heavy atom. The van der Waals surface area contributed by atoms with Crippen molar-refractivity contribution in [3.8, 4) is 11.4 Å². The first-order valence-electron chi connectivity index (χ1n) is 11.8. The van der Waals surface area contributed by atoms with Gasteiger partial charge in [0.05, 0.1) is 24.9 Å². The predicted molar refractivity (Wildman–Crippen MR) is 146 cm³/mol. The van der Waals surface area contributed by atoms with Crippen LogP contribution in [0.3, 0.4) is 0 Å². The van der Waals surface area contributed by atoms with Gasteiger partial charge < -0.3 is 19.5 Å². The Hall–Kier alpha value is -3.64. The van der Waals surface area contributed by atoms with Gasteiger partial charge in [0.15, 0.2) is 5.11 Å². The van der Waals surface area contributed by atoms with E-state index < -0.39 is 0 Å². The van der Waals surface area contributed by atoms with Crippen molar-refractivity contribution in [2.24, 2.45) is 0 Å². The zero-order valence-electron chi connectivity index (χ0n) is 20.7. The molecule has 0 bridgehead atoms. The molecular weight excluding hydrogens is 452 g/mol. The highest BCUT2D eigenvalue weighted by Gasteiger charge is 2.42. The van der Waals surface area contributed by atoms with E-state index in [1.165, 1.54) is 28.1 Å². The van der Waals surface area contributed by atoms with Crippen molar-refractivity contribution in [3.63, 3.8) is 0 Å². The van der Waals surface area contributed by atoms with E-state index in [1.807, 2.05) is 30.5 Å². The summed E-state index contributed by atoms with van der Waals surface area (Å²) in [5.41, 5.74) is 9.17. The third-order valence-corrected chi connectivity index (χ3v) is 7.02. The van der Waals surface area contributed by atoms with E-state index in [0.717, 1.165) is 22.8 Å². The summed E-state index contributed by atoms with van der Waals surface area (Å²) in [6.07, 6.45) is 1.84. The number of pyridine rings is 1. The van der Waals surface area contributed by atoms with Crippen molar-refractivity contribution in [2.75, 3.05) is 12.0 Å². The second-order valence-corrected chi connectivity index (χ2v) is 9.59. The number of rotatable bonds is 5. The zero-order valence-corrected chi connectivity index (χ0v) is 21.6. The number of anilines is 1. The monoisotopic (exact) mass is 482 g/mol. The second kappa shape index (κ2) is 9.19. The number of benzene rings is 2. The molecule has 0 radical (unpaired) electrons. The maximum absolute atomic E-state index is 5.93. The molecule has 2 unspecified atom stereocenters. The molecule has 3 heterocycles. The van der Waals surface area contributed by atoms with Crippen molar-refractivity contribution >= 4 is 23.0 Å². The minimum Gasteiger partial charge on any atom is -0.497 e. The molecule has 178 valence electrons. The Balaban J connectivity index is 1.67. The van der Waals surface area contributed by atoms with E-state index in [0.29, 0.717) is 5.11 Å². The lowest BCUT2D eigenvalue weighted by molar-refractivity contribution is 0.414. The molecule has 1 saturated heterocycles. The standard InChI is InChI=1S/C29H30N4OS/c1-18-14-19(2)16-23(15-18)33-28(27(31-29(33)35)26-8-6-7-13-30-26)25-17-20(3)32(21(25)4)22-9-11-24(34-5)12-10-22/h6-17,27-28H,1-5H3,(H,31,35). The van der Waals surface area contributed by atoms with Crippen molar-refractivity contribution in [1.29, 1.82) is 0 Å². The summed E-state index contributed by atoms with van der Waals surface area (Å²) in [7, 11) is 1.69. The molecule has 1 fully saturated rings. The number of methoxy groups -OCH3 is 1. The molecule has 0 aliphatic carbocycles. The molecule has 2 atom stereocenters. The largest absolute Gasteiger partial charge is 0.497 e. The molecule has 1 aliphatic heterocycles. The van der Waals surface area contributed by atoms with E-state index in [9.17, 15) is 0 Å². The summed E-state index contributed by atoms with van der Waals surface area (Å²) in [5, 5.41) is 4.30. The van der Waals surface area contributed by atoms with Crippen LogP contribution in [0.15, 0.2) is 72.9 Å². The highest BCUT2D eigenvalue weighted by Crippen LogP contribution is 2.44. The molecule has 4 aromatic rings. The molecule has 0 spiro atoms. The number of nitrogens with one attached hydrogen (secondary N) is 1. The molecule has 1 N–H and O–H groups in total. The molecule has 0 amide bonds. The van der Waals surface area contributed by atoms with Crippen LogP contribution in [0.25, 0.3) is 5.69 Å². The number of thiocarbonyl (C=S) groups is 1. The Bertz CT molecular complexity index is 1360. The van der Waals surface area contributed by atoms with E-state index in [4.69, 9.17) is 21.9 Å². The third kappa shape index (κ3) is 4.19. The minimum absolute atomic E-state index is 0.0446. The summed E-state index contributed by atoms with van der Waals surface area (Å²) in [6.45, 7) is 8.59. The van der Waals surface area contributed by atoms with Gasteiger partial charge in [0.25, 0.3) is 0 Å². The topological polar surface area (TPSA) is 42.3 Å². The van der Waals surface area contributed by atoms with Crippen LogP contribution in [-0.2, 0) is 0 Å². The Labute approximate surface area is 212 Å². The van der Waals surface area contributed by atoms with E-state index in [2.05, 4.69) is 84.9 Å². The molecular formula is C29H30N4OS. The van der Waals surface area contributed by atoms with Crippen molar-refractivity contribution in [3.05, 3.63) is 107 Å². The number of aromatic nitrogens is 2. The fraction of sp³-hybridized carbons (Fsp3) is 0.241. The fourth-order valence-corrected chi connectivity index (χ4v) is 5.60. The van der Waals surface area contributed by atoms with Crippen molar-refractivity contribution < 1.29 is 4.74 Å². The van der Waals surface area contributed by atoms with Crippen LogP contribution >= 0.6 is 12.2 Å². The predicted octanol–water partition coefficient (Wildman–Crippen LogP) is 6.29. The first kappa shape index (κ1) is 23.1. The van der Waals surface area contributed by atoms with Crippen LogP contribution in [0.2, 0.25) is 0 Å². The van der Waals surface area contributed by atoms with Gasteiger partial charge in [0.2, 0.25) is 0 Å². The summed E-state index contributed by atoms with van der Waals surface area (Å²) in [5.74, 6) is 0.845. The van der Waals surface area contributed by atoms with Crippen LogP contribution < -0.4 is 15.0 Å². The number of aryl methyl sites for hydroxylation is 3. The fourth-order valence-electron chi connectivity index (χ4n) is 5.25. The van der Waals surface area contributed by atoms with Crippen molar-refractivity contribution in [2.45, 2.75) is 39.8 Å². The van der Waals surface area contributed by atoms with Gasteiger partial charge in [0, 0.05) is 29.0 Å². The van der Waals surface area contributed by atoms with Gasteiger partial charge in [-0.25, -0.2) is 0 Å². The smallest absolute Gasteiger partial charge is 0.174 e. The molecule has 5 nitrogen and oxygen atoms in total. The Kier molecular flexibility index (Phi) is 6.07. The van der Waals surface area contributed by atoms with Gasteiger partial charge in [-0.15, -0.1) is 0 Å². The summed E-state index contributed by atoms with van der Waals surface area (Å²) in [6, 6.07) is 23.0. The second-order valence-electron chi connectivity index (χ2n) is 9.20. The summed E-state index contributed by atoms with van der Waals surface area (Å²) in [4.78, 5) is 6.96. The average Bonchev–Trinajstić information content (AvgIpc) is 3.34. The van der Waals surface area contributed by atoms with Crippen LogP contribution in [-0.4, -0.2) is 21.8 Å². The maximum Gasteiger partial charge on any atom is 0.174 e. The van der Waals surface area contributed by atoms with Crippen LogP contribution in [0.5, 0.6) is 5.75 Å². The normalized spacial score (nSPS) is 17.5. The SMILES string of the molecule is COc1ccc(-n2c(C)cc(C3C(c4ccccn4)NC(=S)N3c3cc(C)cc(C)c3)c2C)cc1. The summed E-state index contributed by atoms with van der Waals surface area (Å²) >= 11 is 5.93. The first-order valence-corrected chi connectivity index (χ1v) is 12.2. The van der Waals surface area contributed by atoms with Gasteiger partial charge in [-0.1, -0.05) is 12.1 Å². The zero-order chi connectivity index (χ0) is 24.7. The quantitative estimate of drug-likeness (QED) is 0.339. The molecule has 6 heteroatoms. The van der Waals surface area contributed by atoms with Gasteiger partial charge >= 0.3 is 0 Å². The maximum atomic E-state index is 5.93. The molecule has 2 aromatic heterocycles. The van der Waals surface area contributed by atoms with Crippen LogP contribution in [0.4, 0.5) is 5.69 Å². The lowest BCUT2D eigenvalue weighted by atomic mass is 9.96. The van der Waals surface area contributed by atoms with E-state index >= 15 is 0 Å². The van der Waals surface area contributed by atoms with Gasteiger partial charge in [-0.05, 0) is 111 Å².